The van der Waals surface area contributed by atoms with Gasteiger partial charge in [0, 0.05) is 18.2 Å². The lowest BCUT2D eigenvalue weighted by Crippen LogP contribution is -2.57. The van der Waals surface area contributed by atoms with Crippen molar-refractivity contribution in [2.24, 2.45) is 11.7 Å². The average Bonchev–Trinajstić information content (AvgIpc) is 3.10. The fourth-order valence-electron chi connectivity index (χ4n) is 3.63. The number of aliphatic hydroxyl groups excluding tert-OH is 3. The summed E-state index contributed by atoms with van der Waals surface area (Å²) in [7, 11) is 0. The lowest BCUT2D eigenvalue weighted by molar-refractivity contribution is -0.149. The molecule has 0 spiro atoms. The highest BCUT2D eigenvalue weighted by Gasteiger charge is 2.50. The van der Waals surface area contributed by atoms with Crippen LogP contribution in [0.1, 0.15) is 24.9 Å². The molecule has 15 heteroatoms. The van der Waals surface area contributed by atoms with Crippen molar-refractivity contribution in [1.29, 1.82) is 0 Å². The predicted octanol–water partition coefficient (Wildman–Crippen LogP) is -3.48. The largest absolute Gasteiger partial charge is 0.506 e. The number of aliphatic carboxylic acids is 1. The minimum absolute atomic E-state index is 0.111. The van der Waals surface area contributed by atoms with Crippen molar-refractivity contribution in [2.45, 2.75) is 49.7 Å². The molecule has 15 nitrogen and oxygen atoms in total. The van der Waals surface area contributed by atoms with Crippen LogP contribution in [-0.2, 0) is 14.3 Å². The molecular formula is C20H25N5O10. The van der Waals surface area contributed by atoms with E-state index in [2.05, 4.69) is 10.3 Å². The number of carboxylic acids is 1. The molecule has 1 amide bonds. The number of carbonyl (C=O) groups excluding carboxylic acids is 1. The Labute approximate surface area is 196 Å². The normalized spacial score (nSPS) is 25.4. The fraction of sp³-hybridized carbons (Fsp3) is 0.450. The summed E-state index contributed by atoms with van der Waals surface area (Å²) in [4.78, 5) is 53.7. The van der Waals surface area contributed by atoms with E-state index in [4.69, 9.17) is 10.5 Å². The molecule has 0 aromatic carbocycles. The molecule has 0 bridgehead atoms. The van der Waals surface area contributed by atoms with Crippen LogP contribution in [0.25, 0.3) is 0 Å². The second-order valence-electron chi connectivity index (χ2n) is 8.09. The van der Waals surface area contributed by atoms with Gasteiger partial charge in [0.1, 0.15) is 30.2 Å². The molecule has 35 heavy (non-hydrogen) atoms. The average molecular weight is 495 g/mol. The number of carboxylic acid groups (broad SMARTS) is 1. The monoisotopic (exact) mass is 495 g/mol. The molecule has 1 fully saturated rings. The lowest BCUT2D eigenvalue weighted by Gasteiger charge is -2.28. The molecule has 190 valence electrons. The van der Waals surface area contributed by atoms with Gasteiger partial charge in [0.25, 0.3) is 5.56 Å². The van der Waals surface area contributed by atoms with Gasteiger partial charge in [-0.3, -0.25) is 24.1 Å². The molecule has 2 aromatic rings. The SMILES string of the molecule is C[C@H]([C@@H](N)C(=O)N[C@@H](C(=O)O)C1O[C@H](n2ccc(=O)[nH]c2=O)[C@@H](O)[C@H]1O)[C@@H](O)c1ccc(O)cn1. The lowest BCUT2D eigenvalue weighted by atomic mass is 9.92. The van der Waals surface area contributed by atoms with E-state index in [1.165, 1.54) is 19.1 Å². The zero-order valence-electron chi connectivity index (χ0n) is 18.3. The molecule has 0 radical (unpaired) electrons. The van der Waals surface area contributed by atoms with E-state index in [1.54, 1.807) is 0 Å². The third-order valence-corrected chi connectivity index (χ3v) is 5.73. The highest BCUT2D eigenvalue weighted by molar-refractivity contribution is 5.87. The molecule has 8 atom stereocenters. The van der Waals surface area contributed by atoms with E-state index < -0.39 is 71.8 Å². The van der Waals surface area contributed by atoms with Gasteiger partial charge in [0.15, 0.2) is 12.3 Å². The Kier molecular flexibility index (Phi) is 7.67. The van der Waals surface area contributed by atoms with Crippen LogP contribution < -0.4 is 22.3 Å². The van der Waals surface area contributed by atoms with E-state index in [0.29, 0.717) is 0 Å². The number of ether oxygens (including phenoxy) is 1. The van der Waals surface area contributed by atoms with Crippen molar-refractivity contribution in [1.82, 2.24) is 19.9 Å². The van der Waals surface area contributed by atoms with Crippen LogP contribution in [0.15, 0.2) is 40.2 Å². The van der Waals surface area contributed by atoms with Gasteiger partial charge in [0.2, 0.25) is 5.91 Å². The molecule has 1 saturated heterocycles. The van der Waals surface area contributed by atoms with Crippen LogP contribution in [0.5, 0.6) is 5.75 Å². The number of pyridine rings is 1. The summed E-state index contributed by atoms with van der Waals surface area (Å²) in [6.07, 6.45) is -6.15. The molecule has 3 rings (SSSR count). The minimum atomic E-state index is -1.90. The summed E-state index contributed by atoms with van der Waals surface area (Å²) in [5.41, 5.74) is 4.33. The molecule has 1 aliphatic heterocycles. The van der Waals surface area contributed by atoms with Gasteiger partial charge < -0.3 is 41.3 Å². The van der Waals surface area contributed by atoms with E-state index in [-0.39, 0.29) is 11.4 Å². The van der Waals surface area contributed by atoms with Gasteiger partial charge in [0.05, 0.1) is 17.9 Å². The van der Waals surface area contributed by atoms with E-state index in [9.17, 15) is 44.7 Å². The molecule has 9 N–H and O–H groups in total. The number of carbonyl (C=O) groups is 2. The zero-order valence-corrected chi connectivity index (χ0v) is 18.3. The predicted molar refractivity (Wildman–Crippen MR) is 115 cm³/mol. The van der Waals surface area contributed by atoms with Crippen LogP contribution in [0.2, 0.25) is 0 Å². The molecule has 3 heterocycles. The van der Waals surface area contributed by atoms with Gasteiger partial charge in [-0.25, -0.2) is 9.59 Å². The highest BCUT2D eigenvalue weighted by Crippen LogP contribution is 2.30. The number of aromatic nitrogens is 3. The Bertz CT molecular complexity index is 1180. The third kappa shape index (κ3) is 5.39. The van der Waals surface area contributed by atoms with Crippen LogP contribution in [0.3, 0.4) is 0 Å². The summed E-state index contributed by atoms with van der Waals surface area (Å²) in [5, 5.41) is 52.3. The number of nitrogens with two attached hydrogens (primary N) is 1. The smallest absolute Gasteiger partial charge is 0.330 e. The standard InChI is InChI=1S/C20H25N5O10/c1-7(13(28)9-3-2-8(26)6-22-9)11(21)17(31)24-12(19(32)33)16-14(29)15(30)18(35-16)25-5-4-10(27)23-20(25)34/h2-7,11-16,18,26,28-30H,21H2,1H3,(H,24,31)(H,32,33)(H,23,27,34)/t7-,11-,12-,13-,14-,15+,16?,18+/m1/s1. The molecule has 0 saturated carbocycles. The maximum atomic E-state index is 12.7. The Morgan fingerprint density at radius 1 is 1.23 bits per heavy atom. The maximum Gasteiger partial charge on any atom is 0.330 e. The zero-order chi connectivity index (χ0) is 26.0. The summed E-state index contributed by atoms with van der Waals surface area (Å²) in [5.74, 6) is -3.75. The number of aromatic hydroxyl groups is 1. The number of aromatic amines is 1. The Hall–Kier alpha value is -3.63. The van der Waals surface area contributed by atoms with Crippen molar-refractivity contribution < 1.29 is 39.9 Å². The first kappa shape index (κ1) is 26.0. The van der Waals surface area contributed by atoms with Gasteiger partial charge in [-0.1, -0.05) is 6.92 Å². The first-order chi connectivity index (χ1) is 16.4. The molecule has 0 aliphatic carbocycles. The summed E-state index contributed by atoms with van der Waals surface area (Å²) >= 11 is 0. The van der Waals surface area contributed by atoms with Crippen molar-refractivity contribution in [2.75, 3.05) is 0 Å². The first-order valence-corrected chi connectivity index (χ1v) is 10.4. The number of amides is 1. The molecule has 2 aromatic heterocycles. The first-order valence-electron chi connectivity index (χ1n) is 10.4. The van der Waals surface area contributed by atoms with Gasteiger partial charge in [-0.15, -0.1) is 0 Å². The van der Waals surface area contributed by atoms with Crippen LogP contribution >= 0.6 is 0 Å². The highest BCUT2D eigenvalue weighted by atomic mass is 16.6. The Morgan fingerprint density at radius 3 is 2.49 bits per heavy atom. The molecular weight excluding hydrogens is 470 g/mol. The topological polar surface area (TPSA) is 250 Å². The van der Waals surface area contributed by atoms with Gasteiger partial charge in [-0.05, 0) is 12.1 Å². The summed E-state index contributed by atoms with van der Waals surface area (Å²) in [6, 6.07) is 0.215. The van der Waals surface area contributed by atoms with E-state index in [1.807, 2.05) is 4.98 Å². The molecule has 1 aliphatic rings. The number of aliphatic hydroxyl groups is 3. The Balaban J connectivity index is 1.76. The van der Waals surface area contributed by atoms with Crippen molar-refractivity contribution in [3.63, 3.8) is 0 Å². The van der Waals surface area contributed by atoms with Crippen LogP contribution in [0, 0.1) is 5.92 Å². The fourth-order valence-corrected chi connectivity index (χ4v) is 3.63. The van der Waals surface area contributed by atoms with Crippen molar-refractivity contribution in [3.8, 4) is 5.75 Å². The maximum absolute atomic E-state index is 12.7. The summed E-state index contributed by atoms with van der Waals surface area (Å²) in [6.45, 7) is 1.42. The number of nitrogens with one attached hydrogen (secondary N) is 2. The Morgan fingerprint density at radius 2 is 1.91 bits per heavy atom. The van der Waals surface area contributed by atoms with Crippen molar-refractivity contribution >= 4 is 11.9 Å². The second-order valence-corrected chi connectivity index (χ2v) is 8.09. The third-order valence-electron chi connectivity index (χ3n) is 5.73. The van der Waals surface area contributed by atoms with Gasteiger partial charge >= 0.3 is 11.7 Å². The van der Waals surface area contributed by atoms with E-state index in [0.717, 1.165) is 23.0 Å². The summed E-state index contributed by atoms with van der Waals surface area (Å²) < 4.78 is 6.16. The van der Waals surface area contributed by atoms with Gasteiger partial charge in [-0.2, -0.15) is 0 Å². The van der Waals surface area contributed by atoms with Crippen LogP contribution in [0.4, 0.5) is 0 Å². The second kappa shape index (κ2) is 10.3. The number of nitrogens with zero attached hydrogens (tertiary/aromatic N) is 2. The van der Waals surface area contributed by atoms with E-state index >= 15 is 0 Å². The van der Waals surface area contributed by atoms with Crippen molar-refractivity contribution in [3.05, 3.63) is 57.1 Å². The van der Waals surface area contributed by atoms with Crippen LogP contribution in [-0.4, -0.2) is 82.3 Å². The number of hydrogen-bond donors (Lipinski definition) is 8. The number of hydrogen-bond acceptors (Lipinski definition) is 11. The quantitative estimate of drug-likeness (QED) is 0.178. The number of H-pyrrole nitrogens is 1. The minimum Gasteiger partial charge on any atom is -0.506 e. The number of rotatable bonds is 8. The molecule has 1 unspecified atom stereocenters.